The zero-order chi connectivity index (χ0) is 18.6. The maximum atomic E-state index is 12.8. The summed E-state index contributed by atoms with van der Waals surface area (Å²) in [6, 6.07) is 14.6. The van der Waals surface area contributed by atoms with E-state index in [1.165, 1.54) is 0 Å². The van der Waals surface area contributed by atoms with Gasteiger partial charge in [0.25, 0.3) is 11.8 Å². The van der Waals surface area contributed by atoms with Crippen LogP contribution in [0.4, 0.5) is 0 Å². The van der Waals surface area contributed by atoms with Gasteiger partial charge < -0.3 is 15.2 Å². The van der Waals surface area contributed by atoms with Crippen molar-refractivity contribution >= 4 is 29.9 Å². The number of halogens is 2. The lowest BCUT2D eigenvalue weighted by Gasteiger charge is -2.24. The van der Waals surface area contributed by atoms with Gasteiger partial charge >= 0.3 is 0 Å². The smallest absolute Gasteiger partial charge is 0.259 e. The van der Waals surface area contributed by atoms with Crippen LogP contribution in [-0.2, 0) is 0 Å². The van der Waals surface area contributed by atoms with Crippen LogP contribution in [0.2, 0.25) is 5.02 Å². The third kappa shape index (κ3) is 4.52. The Bertz CT molecular complexity index is 955. The molecule has 1 aromatic heterocycles. The molecule has 0 aliphatic carbocycles. The van der Waals surface area contributed by atoms with E-state index in [4.69, 9.17) is 16.1 Å². The first-order valence-electron chi connectivity index (χ1n) is 8.91. The summed E-state index contributed by atoms with van der Waals surface area (Å²) in [4.78, 5) is 17.2. The second-order valence-corrected chi connectivity index (χ2v) is 6.93. The van der Waals surface area contributed by atoms with E-state index in [-0.39, 0.29) is 24.4 Å². The van der Waals surface area contributed by atoms with Crippen LogP contribution in [-0.4, -0.2) is 35.2 Å². The SMILES string of the molecule is Cl.O=C(N[C@H]1CCCNC1)c1ccccc1-c1nc(-c2cccc(Cl)c2)no1. The predicted molar refractivity (Wildman–Crippen MR) is 111 cm³/mol. The number of benzene rings is 2. The molecule has 1 atom stereocenters. The molecule has 1 amide bonds. The van der Waals surface area contributed by atoms with Crippen molar-refractivity contribution in [3.05, 3.63) is 59.1 Å². The fourth-order valence-electron chi connectivity index (χ4n) is 3.18. The molecule has 0 saturated carbocycles. The molecule has 146 valence electrons. The lowest BCUT2D eigenvalue weighted by molar-refractivity contribution is 0.0931. The van der Waals surface area contributed by atoms with E-state index in [1.807, 2.05) is 30.3 Å². The average molecular weight is 419 g/mol. The highest BCUT2D eigenvalue weighted by atomic mass is 35.5. The predicted octanol–water partition coefficient (Wildman–Crippen LogP) is 3.96. The molecule has 2 heterocycles. The lowest BCUT2D eigenvalue weighted by atomic mass is 10.0. The van der Waals surface area contributed by atoms with Crippen molar-refractivity contribution < 1.29 is 9.32 Å². The number of carbonyl (C=O) groups excluding carboxylic acids is 1. The third-order valence-electron chi connectivity index (χ3n) is 4.54. The van der Waals surface area contributed by atoms with Gasteiger partial charge in [-0.25, -0.2) is 0 Å². The Hall–Kier alpha value is -2.41. The molecule has 1 aliphatic rings. The van der Waals surface area contributed by atoms with E-state index in [2.05, 4.69) is 20.8 Å². The maximum absolute atomic E-state index is 12.8. The van der Waals surface area contributed by atoms with Crippen molar-refractivity contribution in [3.8, 4) is 22.8 Å². The lowest BCUT2D eigenvalue weighted by Crippen LogP contribution is -2.45. The maximum Gasteiger partial charge on any atom is 0.259 e. The van der Waals surface area contributed by atoms with Crippen molar-refractivity contribution in [2.75, 3.05) is 13.1 Å². The summed E-state index contributed by atoms with van der Waals surface area (Å²) < 4.78 is 5.43. The van der Waals surface area contributed by atoms with Crippen LogP contribution >= 0.6 is 24.0 Å². The van der Waals surface area contributed by atoms with Crippen LogP contribution in [0.25, 0.3) is 22.8 Å². The summed E-state index contributed by atoms with van der Waals surface area (Å²) in [5, 5.41) is 11.0. The molecule has 4 rings (SSSR count). The Morgan fingerprint density at radius 3 is 2.86 bits per heavy atom. The van der Waals surface area contributed by atoms with Crippen molar-refractivity contribution in [1.82, 2.24) is 20.8 Å². The summed E-state index contributed by atoms with van der Waals surface area (Å²) in [6.45, 7) is 1.78. The molecule has 2 N–H and O–H groups in total. The van der Waals surface area contributed by atoms with Crippen molar-refractivity contribution in [3.63, 3.8) is 0 Å². The van der Waals surface area contributed by atoms with E-state index in [9.17, 15) is 4.79 Å². The molecule has 0 spiro atoms. The first kappa shape index (κ1) is 20.3. The summed E-state index contributed by atoms with van der Waals surface area (Å²) in [5.41, 5.74) is 1.89. The van der Waals surface area contributed by atoms with E-state index in [0.717, 1.165) is 31.5 Å². The summed E-state index contributed by atoms with van der Waals surface area (Å²) in [5.74, 6) is 0.596. The van der Waals surface area contributed by atoms with Crippen LogP contribution < -0.4 is 10.6 Å². The van der Waals surface area contributed by atoms with Crippen molar-refractivity contribution in [1.29, 1.82) is 0 Å². The van der Waals surface area contributed by atoms with Gasteiger partial charge in [-0.3, -0.25) is 4.79 Å². The van der Waals surface area contributed by atoms with E-state index < -0.39 is 0 Å². The molecule has 1 saturated heterocycles. The fourth-order valence-corrected chi connectivity index (χ4v) is 3.37. The number of hydrogen-bond acceptors (Lipinski definition) is 5. The van der Waals surface area contributed by atoms with E-state index >= 15 is 0 Å². The van der Waals surface area contributed by atoms with E-state index in [0.29, 0.717) is 27.9 Å². The minimum atomic E-state index is -0.137. The van der Waals surface area contributed by atoms with Gasteiger partial charge in [-0.05, 0) is 43.7 Å². The molecular weight excluding hydrogens is 399 g/mol. The van der Waals surface area contributed by atoms with Gasteiger partial charge in [-0.1, -0.05) is 41.0 Å². The largest absolute Gasteiger partial charge is 0.348 e. The molecule has 28 heavy (non-hydrogen) atoms. The minimum absolute atomic E-state index is 0. The highest BCUT2D eigenvalue weighted by Gasteiger charge is 2.21. The zero-order valence-corrected chi connectivity index (χ0v) is 16.6. The first-order valence-corrected chi connectivity index (χ1v) is 9.29. The van der Waals surface area contributed by atoms with E-state index in [1.54, 1.807) is 18.2 Å². The van der Waals surface area contributed by atoms with Crippen LogP contribution in [0, 0.1) is 0 Å². The highest BCUT2D eigenvalue weighted by molar-refractivity contribution is 6.30. The molecule has 1 fully saturated rings. The van der Waals surface area contributed by atoms with Gasteiger partial charge in [-0.2, -0.15) is 4.98 Å². The van der Waals surface area contributed by atoms with Gasteiger partial charge in [0, 0.05) is 23.2 Å². The number of hydrogen-bond donors (Lipinski definition) is 2. The molecule has 0 unspecified atom stereocenters. The fraction of sp³-hybridized carbons (Fsp3) is 0.250. The molecule has 6 nitrogen and oxygen atoms in total. The number of nitrogens with zero attached hydrogens (tertiary/aromatic N) is 2. The molecule has 0 bridgehead atoms. The molecule has 8 heteroatoms. The summed E-state index contributed by atoms with van der Waals surface area (Å²) in [6.07, 6.45) is 2.03. The Kier molecular flexibility index (Phi) is 6.67. The number of nitrogens with one attached hydrogen (secondary N) is 2. The van der Waals surface area contributed by atoms with Crippen LogP contribution in [0.1, 0.15) is 23.2 Å². The minimum Gasteiger partial charge on any atom is -0.348 e. The van der Waals surface area contributed by atoms with Gasteiger partial charge in [0.05, 0.1) is 11.1 Å². The molecular formula is C20H20Cl2N4O2. The Balaban J connectivity index is 0.00000225. The van der Waals surface area contributed by atoms with Crippen molar-refractivity contribution in [2.45, 2.75) is 18.9 Å². The quantitative estimate of drug-likeness (QED) is 0.669. The number of rotatable bonds is 4. The van der Waals surface area contributed by atoms with Gasteiger partial charge in [0.1, 0.15) is 0 Å². The Morgan fingerprint density at radius 2 is 2.07 bits per heavy atom. The third-order valence-corrected chi connectivity index (χ3v) is 4.78. The van der Waals surface area contributed by atoms with Gasteiger partial charge in [-0.15, -0.1) is 12.4 Å². The van der Waals surface area contributed by atoms with Gasteiger partial charge in [0.15, 0.2) is 0 Å². The molecule has 0 radical (unpaired) electrons. The second kappa shape index (κ2) is 9.19. The number of carbonyl (C=O) groups is 1. The topological polar surface area (TPSA) is 80.0 Å². The van der Waals surface area contributed by atoms with Gasteiger partial charge in [0.2, 0.25) is 5.82 Å². The second-order valence-electron chi connectivity index (χ2n) is 6.50. The van der Waals surface area contributed by atoms with Crippen LogP contribution in [0.3, 0.4) is 0 Å². The average Bonchev–Trinajstić information content (AvgIpc) is 3.19. The summed E-state index contributed by atoms with van der Waals surface area (Å²) in [7, 11) is 0. The standard InChI is InChI=1S/C20H19ClN4O2.ClH/c21-14-6-3-5-13(11-14)18-24-20(27-25-18)17-9-2-1-8-16(17)19(26)23-15-7-4-10-22-12-15;/h1-3,5-6,8-9,11,15,22H,4,7,10,12H2,(H,23,26);1H/t15-;/m0./s1. The normalized spacial score (nSPS) is 16.2. The van der Waals surface area contributed by atoms with Crippen molar-refractivity contribution in [2.24, 2.45) is 0 Å². The number of piperidine rings is 1. The number of amides is 1. The first-order chi connectivity index (χ1) is 13.2. The Labute approximate surface area is 174 Å². The number of aromatic nitrogens is 2. The monoisotopic (exact) mass is 418 g/mol. The van der Waals surface area contributed by atoms with Crippen LogP contribution in [0.15, 0.2) is 53.1 Å². The summed E-state index contributed by atoms with van der Waals surface area (Å²) >= 11 is 6.03. The molecule has 3 aromatic rings. The van der Waals surface area contributed by atoms with Crippen LogP contribution in [0.5, 0.6) is 0 Å². The molecule has 2 aromatic carbocycles. The Morgan fingerprint density at radius 1 is 1.21 bits per heavy atom. The molecule has 1 aliphatic heterocycles. The zero-order valence-electron chi connectivity index (χ0n) is 15.0. The highest BCUT2D eigenvalue weighted by Crippen LogP contribution is 2.26.